The first-order chi connectivity index (χ1) is 5.84. The van der Waals surface area contributed by atoms with Gasteiger partial charge in [-0.05, 0) is 44.7 Å². The second-order valence-corrected chi connectivity index (χ2v) is 4.45. The number of hydrogen-bond acceptors (Lipinski definition) is 2. The van der Waals surface area contributed by atoms with Gasteiger partial charge in [0.2, 0.25) is 0 Å². The molecule has 2 aliphatic rings. The molecular weight excluding hydrogens is 148 g/mol. The SMILES string of the molecule is NC1CCCC(CN2CCC2)C1. The van der Waals surface area contributed by atoms with Crippen LogP contribution in [-0.2, 0) is 0 Å². The van der Waals surface area contributed by atoms with E-state index in [1.807, 2.05) is 0 Å². The summed E-state index contributed by atoms with van der Waals surface area (Å²) in [5.41, 5.74) is 5.94. The summed E-state index contributed by atoms with van der Waals surface area (Å²) >= 11 is 0. The van der Waals surface area contributed by atoms with E-state index in [1.54, 1.807) is 0 Å². The fourth-order valence-corrected chi connectivity index (χ4v) is 2.43. The molecule has 0 spiro atoms. The van der Waals surface area contributed by atoms with Crippen LogP contribution in [0, 0.1) is 5.92 Å². The van der Waals surface area contributed by atoms with Crippen LogP contribution in [0.25, 0.3) is 0 Å². The maximum absolute atomic E-state index is 5.94. The first-order valence-corrected chi connectivity index (χ1v) is 5.32. The fourth-order valence-electron chi connectivity index (χ4n) is 2.43. The number of nitrogens with zero attached hydrogens (tertiary/aromatic N) is 1. The van der Waals surface area contributed by atoms with Crippen molar-refractivity contribution in [1.82, 2.24) is 4.90 Å². The van der Waals surface area contributed by atoms with Crippen LogP contribution < -0.4 is 5.73 Å². The van der Waals surface area contributed by atoms with Gasteiger partial charge < -0.3 is 10.6 Å². The first-order valence-electron chi connectivity index (χ1n) is 5.32. The quantitative estimate of drug-likeness (QED) is 0.671. The second kappa shape index (κ2) is 3.75. The minimum Gasteiger partial charge on any atom is -0.328 e. The topological polar surface area (TPSA) is 29.3 Å². The summed E-state index contributed by atoms with van der Waals surface area (Å²) in [5.74, 6) is 0.911. The van der Waals surface area contributed by atoms with Crippen LogP contribution in [0.1, 0.15) is 32.1 Å². The highest BCUT2D eigenvalue weighted by Gasteiger charge is 2.23. The van der Waals surface area contributed by atoms with Crippen LogP contribution >= 0.6 is 0 Å². The number of likely N-dealkylation sites (tertiary alicyclic amines) is 1. The van der Waals surface area contributed by atoms with E-state index >= 15 is 0 Å². The van der Waals surface area contributed by atoms with Gasteiger partial charge in [-0.2, -0.15) is 0 Å². The number of hydrogen-bond donors (Lipinski definition) is 1. The van der Waals surface area contributed by atoms with Crippen molar-refractivity contribution in [2.24, 2.45) is 11.7 Å². The molecule has 2 nitrogen and oxygen atoms in total. The molecule has 1 saturated carbocycles. The van der Waals surface area contributed by atoms with Crippen LogP contribution in [0.3, 0.4) is 0 Å². The third kappa shape index (κ3) is 1.99. The zero-order chi connectivity index (χ0) is 8.39. The molecule has 1 saturated heterocycles. The van der Waals surface area contributed by atoms with Crippen molar-refractivity contribution in [2.45, 2.75) is 38.1 Å². The Hall–Kier alpha value is -0.0800. The monoisotopic (exact) mass is 168 g/mol. The second-order valence-electron chi connectivity index (χ2n) is 4.45. The fraction of sp³-hybridized carbons (Fsp3) is 1.00. The standard InChI is InChI=1S/C10H20N2/c11-10-4-1-3-9(7-10)8-12-5-2-6-12/h9-10H,1-8,11H2. The molecule has 2 atom stereocenters. The Labute approximate surface area is 75.1 Å². The van der Waals surface area contributed by atoms with Gasteiger partial charge in [-0.3, -0.25) is 0 Å². The molecule has 0 bridgehead atoms. The summed E-state index contributed by atoms with van der Waals surface area (Å²) in [5, 5.41) is 0. The maximum atomic E-state index is 5.94. The predicted molar refractivity (Wildman–Crippen MR) is 51.0 cm³/mol. The lowest BCUT2D eigenvalue weighted by Gasteiger charge is -2.36. The van der Waals surface area contributed by atoms with Crippen molar-refractivity contribution in [3.8, 4) is 0 Å². The third-order valence-corrected chi connectivity index (χ3v) is 3.29. The van der Waals surface area contributed by atoms with Crippen molar-refractivity contribution >= 4 is 0 Å². The smallest absolute Gasteiger partial charge is 0.00419 e. The summed E-state index contributed by atoms with van der Waals surface area (Å²) in [6.45, 7) is 4.01. The molecule has 0 aromatic heterocycles. The molecule has 1 heterocycles. The van der Waals surface area contributed by atoms with Crippen LogP contribution in [0.2, 0.25) is 0 Å². The highest BCUT2D eigenvalue weighted by atomic mass is 15.2. The van der Waals surface area contributed by atoms with E-state index in [4.69, 9.17) is 5.73 Å². The van der Waals surface area contributed by atoms with Crippen LogP contribution in [0.15, 0.2) is 0 Å². The molecule has 0 radical (unpaired) electrons. The lowest BCUT2D eigenvalue weighted by atomic mass is 9.85. The number of nitrogens with two attached hydrogens (primary N) is 1. The van der Waals surface area contributed by atoms with Crippen LogP contribution in [0.4, 0.5) is 0 Å². The number of rotatable bonds is 2. The minimum atomic E-state index is 0.505. The Balaban J connectivity index is 1.71. The lowest BCUT2D eigenvalue weighted by molar-refractivity contribution is 0.132. The Kier molecular flexibility index (Phi) is 2.66. The van der Waals surface area contributed by atoms with Gasteiger partial charge in [0, 0.05) is 12.6 Å². The van der Waals surface area contributed by atoms with Crippen molar-refractivity contribution in [3.05, 3.63) is 0 Å². The van der Waals surface area contributed by atoms with Crippen LogP contribution in [-0.4, -0.2) is 30.6 Å². The Morgan fingerprint density at radius 1 is 1.17 bits per heavy atom. The highest BCUT2D eigenvalue weighted by molar-refractivity contribution is 4.79. The summed E-state index contributed by atoms with van der Waals surface area (Å²) in [6, 6.07) is 0.505. The molecule has 1 aliphatic carbocycles. The molecule has 0 amide bonds. The van der Waals surface area contributed by atoms with Gasteiger partial charge in [-0.25, -0.2) is 0 Å². The molecular formula is C10H20N2. The van der Waals surface area contributed by atoms with Gasteiger partial charge in [0.15, 0.2) is 0 Å². The zero-order valence-electron chi connectivity index (χ0n) is 7.84. The third-order valence-electron chi connectivity index (χ3n) is 3.29. The molecule has 12 heavy (non-hydrogen) atoms. The molecule has 0 aromatic rings. The van der Waals surface area contributed by atoms with Crippen LogP contribution in [0.5, 0.6) is 0 Å². The molecule has 0 aromatic carbocycles. The van der Waals surface area contributed by atoms with Gasteiger partial charge in [0.25, 0.3) is 0 Å². The molecule has 2 fully saturated rings. The zero-order valence-corrected chi connectivity index (χ0v) is 7.84. The lowest BCUT2D eigenvalue weighted by Crippen LogP contribution is -2.42. The van der Waals surface area contributed by atoms with Crippen molar-refractivity contribution in [1.29, 1.82) is 0 Å². The first kappa shape index (κ1) is 8.52. The Morgan fingerprint density at radius 3 is 2.58 bits per heavy atom. The van der Waals surface area contributed by atoms with E-state index in [9.17, 15) is 0 Å². The van der Waals surface area contributed by atoms with E-state index in [0.717, 1.165) is 5.92 Å². The van der Waals surface area contributed by atoms with E-state index in [0.29, 0.717) is 6.04 Å². The summed E-state index contributed by atoms with van der Waals surface area (Å²) in [6.07, 6.45) is 6.73. The average Bonchev–Trinajstić information content (AvgIpc) is 1.97. The normalized spacial score (nSPS) is 37.8. The molecule has 2 N–H and O–H groups in total. The highest BCUT2D eigenvalue weighted by Crippen LogP contribution is 2.25. The van der Waals surface area contributed by atoms with E-state index in [-0.39, 0.29) is 0 Å². The van der Waals surface area contributed by atoms with Gasteiger partial charge in [0.1, 0.15) is 0 Å². The van der Waals surface area contributed by atoms with Crippen molar-refractivity contribution in [3.63, 3.8) is 0 Å². The Morgan fingerprint density at radius 2 is 2.00 bits per heavy atom. The largest absolute Gasteiger partial charge is 0.328 e. The molecule has 2 heteroatoms. The summed E-state index contributed by atoms with van der Waals surface area (Å²) < 4.78 is 0. The summed E-state index contributed by atoms with van der Waals surface area (Å²) in [7, 11) is 0. The maximum Gasteiger partial charge on any atom is 0.00419 e. The Bertz CT molecular complexity index is 143. The van der Waals surface area contributed by atoms with E-state index in [1.165, 1.54) is 51.7 Å². The van der Waals surface area contributed by atoms with E-state index in [2.05, 4.69) is 4.90 Å². The van der Waals surface area contributed by atoms with E-state index < -0.39 is 0 Å². The average molecular weight is 168 g/mol. The molecule has 1 aliphatic heterocycles. The van der Waals surface area contributed by atoms with Crippen molar-refractivity contribution < 1.29 is 0 Å². The van der Waals surface area contributed by atoms with Crippen molar-refractivity contribution in [2.75, 3.05) is 19.6 Å². The molecule has 70 valence electrons. The summed E-state index contributed by atoms with van der Waals surface area (Å²) in [4.78, 5) is 2.57. The van der Waals surface area contributed by atoms with Gasteiger partial charge in [-0.1, -0.05) is 6.42 Å². The molecule has 2 unspecified atom stereocenters. The van der Waals surface area contributed by atoms with Gasteiger partial charge in [0.05, 0.1) is 0 Å². The predicted octanol–water partition coefficient (Wildman–Crippen LogP) is 1.21. The molecule has 2 rings (SSSR count). The van der Waals surface area contributed by atoms with Gasteiger partial charge >= 0.3 is 0 Å². The minimum absolute atomic E-state index is 0.505. The van der Waals surface area contributed by atoms with Gasteiger partial charge in [-0.15, -0.1) is 0 Å².